The highest BCUT2D eigenvalue weighted by Crippen LogP contribution is 2.43. The van der Waals surface area contributed by atoms with Crippen molar-refractivity contribution in [2.45, 2.75) is 44.1 Å². The molecule has 6 rings (SSSR count). The first-order chi connectivity index (χ1) is 20.5. The SMILES string of the molecule is COC(N)=O.Cn1cc(-c2[nH]c3ncc4c(c3c2-c2ccc(CC(F)(F)CO)cc2)n(C2CCCC2)c(=O)n4C)c(F)n1. The lowest BCUT2D eigenvalue weighted by atomic mass is 9.97. The number of H-pyrrole nitrogens is 1. The molecule has 11 nitrogen and oxygen atoms in total. The Hall–Kier alpha value is -4.59. The minimum absolute atomic E-state index is 0.0428. The molecule has 4 heterocycles. The Morgan fingerprint density at radius 3 is 2.42 bits per heavy atom. The highest BCUT2D eigenvalue weighted by Gasteiger charge is 2.30. The minimum Gasteiger partial charge on any atom is -0.453 e. The molecular weight excluding hydrogens is 567 g/mol. The van der Waals surface area contributed by atoms with Crippen LogP contribution in [0.2, 0.25) is 0 Å². The Morgan fingerprint density at radius 2 is 1.86 bits per heavy atom. The number of aromatic amines is 1. The number of aliphatic hydroxyl groups excluding tert-OH is 1. The Morgan fingerprint density at radius 1 is 1.21 bits per heavy atom. The van der Waals surface area contributed by atoms with Crippen LogP contribution in [0.5, 0.6) is 0 Å². The van der Waals surface area contributed by atoms with Crippen LogP contribution in [-0.4, -0.2) is 59.7 Å². The molecule has 1 aromatic carbocycles. The quantitative estimate of drug-likeness (QED) is 0.263. The van der Waals surface area contributed by atoms with Gasteiger partial charge in [-0.25, -0.2) is 23.4 Å². The van der Waals surface area contributed by atoms with Gasteiger partial charge < -0.3 is 20.6 Å². The first kappa shape index (κ1) is 29.9. The maximum absolute atomic E-state index is 15.0. The maximum atomic E-state index is 15.0. The van der Waals surface area contributed by atoms with Crippen molar-refractivity contribution in [1.29, 1.82) is 0 Å². The summed E-state index contributed by atoms with van der Waals surface area (Å²) in [5.41, 5.74) is 8.44. The normalized spacial score (nSPS) is 13.9. The number of aromatic nitrogens is 6. The van der Waals surface area contributed by atoms with Crippen LogP contribution in [0, 0.1) is 5.95 Å². The number of aryl methyl sites for hydroxylation is 2. The molecule has 0 atom stereocenters. The van der Waals surface area contributed by atoms with Gasteiger partial charge in [0.15, 0.2) is 0 Å². The Balaban J connectivity index is 0.000000682. The zero-order valence-electron chi connectivity index (χ0n) is 23.9. The van der Waals surface area contributed by atoms with Gasteiger partial charge >= 0.3 is 11.8 Å². The molecule has 0 spiro atoms. The zero-order valence-corrected chi connectivity index (χ0v) is 23.9. The standard InChI is InChI=1S/C27H27F3N6O2.C2H5NO2/c1-34-13-18(24(28)33-34)22-20(16-9-7-15(8-10-16)11-27(29,30)14-37)21-23-19(12-31-25(21)32-22)35(2)26(38)36(23)17-5-3-4-6-17;1-5-2(3)4/h7-10,12-13,17,37H,3-6,11,14H2,1-2H3,(H,31,32);1H3,(H2,3,4). The van der Waals surface area contributed by atoms with Gasteiger partial charge in [0.1, 0.15) is 12.3 Å². The number of nitrogens with two attached hydrogens (primary N) is 1. The number of amides is 1. The second kappa shape index (κ2) is 11.6. The van der Waals surface area contributed by atoms with Gasteiger partial charge in [0.2, 0.25) is 5.95 Å². The lowest BCUT2D eigenvalue weighted by molar-refractivity contribution is -0.0488. The van der Waals surface area contributed by atoms with Crippen LogP contribution in [0.3, 0.4) is 0 Å². The molecule has 0 bridgehead atoms. The van der Waals surface area contributed by atoms with Gasteiger partial charge in [-0.1, -0.05) is 37.1 Å². The molecule has 1 aliphatic carbocycles. The first-order valence-corrected chi connectivity index (χ1v) is 13.7. The van der Waals surface area contributed by atoms with E-state index in [1.807, 2.05) is 4.57 Å². The topological polar surface area (TPSA) is 146 Å². The number of rotatable bonds is 6. The summed E-state index contributed by atoms with van der Waals surface area (Å²) in [4.78, 5) is 30.6. The van der Waals surface area contributed by atoms with Crippen LogP contribution in [0.1, 0.15) is 37.3 Å². The Kier molecular flexibility index (Phi) is 8.06. The van der Waals surface area contributed by atoms with Gasteiger partial charge in [0.25, 0.3) is 5.92 Å². The van der Waals surface area contributed by atoms with Crippen LogP contribution >= 0.6 is 0 Å². The second-order valence-corrected chi connectivity index (χ2v) is 10.7. The van der Waals surface area contributed by atoms with Gasteiger partial charge in [-0.05, 0) is 24.0 Å². The Bertz CT molecular complexity index is 1850. The average Bonchev–Trinajstić information content (AvgIpc) is 3.75. The number of benzene rings is 1. The van der Waals surface area contributed by atoms with Crippen molar-refractivity contribution in [3.63, 3.8) is 0 Å². The molecule has 0 radical (unpaired) electrons. The summed E-state index contributed by atoms with van der Waals surface area (Å²) < 4.78 is 51.3. The summed E-state index contributed by atoms with van der Waals surface area (Å²) in [5, 5.41) is 13.5. The molecule has 14 heteroatoms. The number of nitrogens with one attached hydrogen (secondary N) is 1. The van der Waals surface area contributed by atoms with Crippen LogP contribution in [-0.2, 0) is 25.3 Å². The number of fused-ring (bicyclic) bond motifs is 3. The third-order valence-corrected chi connectivity index (χ3v) is 7.75. The molecular formula is C29H32F3N7O4. The average molecular weight is 600 g/mol. The largest absolute Gasteiger partial charge is 0.453 e. The molecule has 1 fully saturated rings. The minimum atomic E-state index is -3.23. The molecule has 0 unspecified atom stereocenters. The lowest BCUT2D eigenvalue weighted by Gasteiger charge is -2.14. The monoisotopic (exact) mass is 599 g/mol. The number of imidazole rings is 1. The van der Waals surface area contributed by atoms with E-state index in [1.165, 1.54) is 11.8 Å². The van der Waals surface area contributed by atoms with Crippen molar-refractivity contribution in [2.24, 2.45) is 19.8 Å². The number of aliphatic hydroxyl groups is 1. The number of pyridine rings is 1. The number of ether oxygens (including phenoxy) is 1. The number of alkyl halides is 2. The van der Waals surface area contributed by atoms with E-state index in [2.05, 4.69) is 25.5 Å². The number of primary amides is 1. The molecule has 228 valence electrons. The molecule has 4 aromatic heterocycles. The maximum Gasteiger partial charge on any atom is 0.404 e. The van der Waals surface area contributed by atoms with Gasteiger partial charge in [-0.15, -0.1) is 5.10 Å². The van der Waals surface area contributed by atoms with E-state index in [9.17, 15) is 22.8 Å². The van der Waals surface area contributed by atoms with Gasteiger partial charge in [0, 0.05) is 38.3 Å². The van der Waals surface area contributed by atoms with E-state index in [-0.39, 0.29) is 17.3 Å². The van der Waals surface area contributed by atoms with Crippen LogP contribution < -0.4 is 11.4 Å². The van der Waals surface area contributed by atoms with Crippen molar-refractivity contribution in [1.82, 2.24) is 28.9 Å². The Labute approximate surface area is 243 Å². The number of halogens is 3. The molecule has 1 aliphatic rings. The number of carbonyl (C=O) groups excluding carboxylic acids is 1. The van der Waals surface area contributed by atoms with Gasteiger partial charge in [-0.3, -0.25) is 13.8 Å². The van der Waals surface area contributed by atoms with Crippen LogP contribution in [0.4, 0.5) is 18.0 Å². The predicted octanol–water partition coefficient (Wildman–Crippen LogP) is 4.42. The van der Waals surface area contributed by atoms with Crippen molar-refractivity contribution >= 4 is 28.2 Å². The van der Waals surface area contributed by atoms with E-state index < -0.39 is 31.0 Å². The number of hydrogen-bond acceptors (Lipinski definition) is 6. The molecule has 1 saturated carbocycles. The second-order valence-electron chi connectivity index (χ2n) is 10.7. The first-order valence-electron chi connectivity index (χ1n) is 13.7. The van der Waals surface area contributed by atoms with Crippen molar-refractivity contribution in [2.75, 3.05) is 13.7 Å². The fraction of sp³-hybridized carbons (Fsp3) is 0.379. The molecule has 0 aliphatic heterocycles. The third kappa shape index (κ3) is 5.61. The molecule has 1 amide bonds. The number of nitrogens with zero attached hydrogens (tertiary/aromatic N) is 5. The summed E-state index contributed by atoms with van der Waals surface area (Å²) in [6, 6.07) is 6.58. The van der Waals surface area contributed by atoms with E-state index >= 15 is 0 Å². The fourth-order valence-corrected chi connectivity index (χ4v) is 5.74. The van der Waals surface area contributed by atoms with Crippen molar-refractivity contribution in [3.05, 3.63) is 58.7 Å². The number of carbonyl (C=O) groups is 1. The molecule has 5 aromatic rings. The summed E-state index contributed by atoms with van der Waals surface area (Å²) in [5.74, 6) is -3.90. The van der Waals surface area contributed by atoms with Crippen molar-refractivity contribution in [3.8, 4) is 22.4 Å². The van der Waals surface area contributed by atoms with Crippen molar-refractivity contribution < 1.29 is 27.8 Å². The molecule has 43 heavy (non-hydrogen) atoms. The highest BCUT2D eigenvalue weighted by molar-refractivity contribution is 6.14. The van der Waals surface area contributed by atoms with E-state index in [0.717, 1.165) is 25.7 Å². The molecule has 0 saturated heterocycles. The predicted molar refractivity (Wildman–Crippen MR) is 154 cm³/mol. The lowest BCUT2D eigenvalue weighted by Crippen LogP contribution is -2.24. The number of methoxy groups -OCH3 is 1. The van der Waals surface area contributed by atoms with Crippen LogP contribution in [0.25, 0.3) is 44.5 Å². The summed E-state index contributed by atoms with van der Waals surface area (Å²) in [7, 11) is 4.56. The van der Waals surface area contributed by atoms with Gasteiger partial charge in [-0.2, -0.15) is 4.39 Å². The van der Waals surface area contributed by atoms with E-state index in [0.29, 0.717) is 44.5 Å². The number of hydrogen-bond donors (Lipinski definition) is 3. The zero-order chi connectivity index (χ0) is 31.1. The molecule has 4 N–H and O–H groups in total. The summed E-state index contributed by atoms with van der Waals surface area (Å²) in [6.45, 7) is -1.24. The fourth-order valence-electron chi connectivity index (χ4n) is 5.74. The third-order valence-electron chi connectivity index (χ3n) is 7.75. The summed E-state index contributed by atoms with van der Waals surface area (Å²) >= 11 is 0. The van der Waals surface area contributed by atoms with Crippen LogP contribution in [0.15, 0.2) is 41.5 Å². The van der Waals surface area contributed by atoms with E-state index in [1.54, 1.807) is 55.3 Å². The van der Waals surface area contributed by atoms with E-state index in [4.69, 9.17) is 5.11 Å². The van der Waals surface area contributed by atoms with Gasteiger partial charge in [0.05, 0.1) is 41.0 Å². The smallest absolute Gasteiger partial charge is 0.404 e. The highest BCUT2D eigenvalue weighted by atomic mass is 19.3. The summed E-state index contributed by atoms with van der Waals surface area (Å²) in [6.07, 6.45) is 5.71.